The van der Waals surface area contributed by atoms with Gasteiger partial charge in [-0.25, -0.2) is 4.39 Å². The van der Waals surface area contributed by atoms with Crippen LogP contribution in [0.5, 0.6) is 5.75 Å². The summed E-state index contributed by atoms with van der Waals surface area (Å²) in [5.74, 6) is -0.356. The summed E-state index contributed by atoms with van der Waals surface area (Å²) >= 11 is 2.89. The van der Waals surface area contributed by atoms with Crippen LogP contribution >= 0.6 is 23.1 Å². The first-order chi connectivity index (χ1) is 12.6. The van der Waals surface area contributed by atoms with E-state index in [2.05, 4.69) is 15.5 Å². The van der Waals surface area contributed by atoms with E-state index in [1.165, 1.54) is 28.4 Å². The average molecular weight is 396 g/mol. The highest BCUT2D eigenvalue weighted by molar-refractivity contribution is 8.01. The zero-order chi connectivity index (χ0) is 18.5. The largest absolute Gasteiger partial charge is 0.481 e. The average Bonchev–Trinajstić information content (AvgIpc) is 3.00. The Kier molecular flexibility index (Phi) is 6.04. The number of aromatic nitrogens is 2. The van der Waals surface area contributed by atoms with Gasteiger partial charge in [0.05, 0.1) is 5.92 Å². The highest BCUT2D eigenvalue weighted by Gasteiger charge is 2.36. The lowest BCUT2D eigenvalue weighted by Gasteiger charge is -2.37. The van der Waals surface area contributed by atoms with Gasteiger partial charge in [0.2, 0.25) is 11.0 Å². The summed E-state index contributed by atoms with van der Waals surface area (Å²) in [6.07, 6.45) is 0. The Hall–Kier alpha value is -2.20. The Balaban J connectivity index is 1.42. The fraction of sp³-hybridized carbons (Fsp3) is 0.375. The molecule has 0 aliphatic carbocycles. The minimum Gasteiger partial charge on any atom is -0.481 e. The summed E-state index contributed by atoms with van der Waals surface area (Å²) in [6.45, 7) is 2.37. The number of anilines is 1. The maximum atomic E-state index is 13.4. The molecule has 7 nitrogen and oxygen atoms in total. The van der Waals surface area contributed by atoms with Crippen molar-refractivity contribution in [1.82, 2.24) is 15.1 Å². The number of amides is 2. The second-order valence-corrected chi connectivity index (χ2v) is 8.00. The molecule has 0 spiro atoms. The number of nitrogens with one attached hydrogen (secondary N) is 1. The van der Waals surface area contributed by atoms with E-state index in [1.54, 1.807) is 23.9 Å². The summed E-state index contributed by atoms with van der Waals surface area (Å²) in [6, 6.07) is 5.90. The van der Waals surface area contributed by atoms with Gasteiger partial charge in [-0.05, 0) is 17.9 Å². The minimum absolute atomic E-state index is 0.0349. The Morgan fingerprint density at radius 2 is 2.15 bits per heavy atom. The van der Waals surface area contributed by atoms with E-state index in [1.807, 2.05) is 6.92 Å². The van der Waals surface area contributed by atoms with Crippen molar-refractivity contribution in [3.05, 3.63) is 30.1 Å². The molecule has 2 amide bonds. The summed E-state index contributed by atoms with van der Waals surface area (Å²) < 4.78 is 19.4. The second-order valence-electron chi connectivity index (χ2n) is 5.51. The van der Waals surface area contributed by atoms with Crippen molar-refractivity contribution in [1.29, 1.82) is 0 Å². The maximum Gasteiger partial charge on any atom is 0.260 e. The highest BCUT2D eigenvalue weighted by atomic mass is 32.2. The van der Waals surface area contributed by atoms with Crippen LogP contribution in [-0.4, -0.2) is 52.4 Å². The number of halogens is 1. The lowest BCUT2D eigenvalue weighted by atomic mass is 9.99. The van der Waals surface area contributed by atoms with Crippen molar-refractivity contribution >= 4 is 40.0 Å². The first-order valence-corrected chi connectivity index (χ1v) is 9.79. The third-order valence-electron chi connectivity index (χ3n) is 3.70. The van der Waals surface area contributed by atoms with Crippen LogP contribution in [0.1, 0.15) is 6.92 Å². The van der Waals surface area contributed by atoms with Crippen LogP contribution in [0.3, 0.4) is 0 Å². The molecule has 0 atom stereocenters. The predicted octanol–water partition coefficient (Wildman–Crippen LogP) is 2.27. The van der Waals surface area contributed by atoms with Gasteiger partial charge >= 0.3 is 0 Å². The van der Waals surface area contributed by atoms with Crippen molar-refractivity contribution in [2.75, 3.05) is 30.8 Å². The van der Waals surface area contributed by atoms with Crippen molar-refractivity contribution in [3.63, 3.8) is 0 Å². The summed E-state index contributed by atoms with van der Waals surface area (Å²) in [5, 5.41) is 11.1. The minimum atomic E-state index is -0.515. The van der Waals surface area contributed by atoms with Crippen LogP contribution in [0, 0.1) is 11.7 Å². The maximum absolute atomic E-state index is 13.4. The van der Waals surface area contributed by atoms with Gasteiger partial charge in [-0.2, -0.15) is 0 Å². The molecule has 0 bridgehead atoms. The molecule has 1 aliphatic heterocycles. The summed E-state index contributed by atoms with van der Waals surface area (Å²) in [4.78, 5) is 25.7. The monoisotopic (exact) mass is 396 g/mol. The van der Waals surface area contributed by atoms with Gasteiger partial charge in [0.1, 0.15) is 0 Å². The number of thioether (sulfide) groups is 1. The first kappa shape index (κ1) is 18.6. The molecule has 1 aliphatic rings. The zero-order valence-corrected chi connectivity index (χ0v) is 15.6. The molecule has 1 aromatic heterocycles. The van der Waals surface area contributed by atoms with Gasteiger partial charge in [-0.3, -0.25) is 9.59 Å². The lowest BCUT2D eigenvalue weighted by Crippen LogP contribution is -2.55. The summed E-state index contributed by atoms with van der Waals surface area (Å²) in [5.41, 5.74) is 0. The third-order valence-corrected chi connectivity index (χ3v) is 5.55. The molecular formula is C16H17FN4O3S2. The standard InChI is InChI=1S/C16H17FN4O3S2/c1-2-25-16-20-19-15(26-16)18-14(23)10-7-21(8-10)13(22)9-24-12-6-4-3-5-11(12)17/h3-6,10H,2,7-9H2,1H3,(H,18,19,23). The van der Waals surface area contributed by atoms with E-state index in [-0.39, 0.29) is 30.1 Å². The fourth-order valence-corrected chi connectivity index (χ4v) is 3.94. The molecule has 0 saturated carbocycles. The molecular weight excluding hydrogens is 379 g/mol. The van der Waals surface area contributed by atoms with Gasteiger partial charge in [0.25, 0.3) is 5.91 Å². The molecule has 3 rings (SSSR count). The molecule has 0 radical (unpaired) electrons. The molecule has 1 aromatic carbocycles. The highest BCUT2D eigenvalue weighted by Crippen LogP contribution is 2.26. The van der Waals surface area contributed by atoms with Crippen LogP contribution in [0.2, 0.25) is 0 Å². The molecule has 0 unspecified atom stereocenters. The van der Waals surface area contributed by atoms with Gasteiger partial charge in [0, 0.05) is 13.1 Å². The fourth-order valence-electron chi connectivity index (χ4n) is 2.29. The van der Waals surface area contributed by atoms with E-state index in [0.29, 0.717) is 18.2 Å². The smallest absolute Gasteiger partial charge is 0.260 e. The predicted molar refractivity (Wildman–Crippen MR) is 96.9 cm³/mol. The molecule has 2 heterocycles. The van der Waals surface area contributed by atoms with Crippen LogP contribution in [-0.2, 0) is 9.59 Å². The third kappa shape index (κ3) is 4.50. The van der Waals surface area contributed by atoms with Gasteiger partial charge in [0.15, 0.2) is 22.5 Å². The van der Waals surface area contributed by atoms with E-state index < -0.39 is 5.82 Å². The Morgan fingerprint density at radius 3 is 2.88 bits per heavy atom. The summed E-state index contributed by atoms with van der Waals surface area (Å²) in [7, 11) is 0. The number of benzene rings is 1. The number of carbonyl (C=O) groups excluding carboxylic acids is 2. The Morgan fingerprint density at radius 1 is 1.38 bits per heavy atom. The first-order valence-electron chi connectivity index (χ1n) is 7.99. The molecule has 138 valence electrons. The van der Waals surface area contributed by atoms with Gasteiger partial charge in [-0.1, -0.05) is 42.2 Å². The van der Waals surface area contributed by atoms with Gasteiger partial charge in [-0.15, -0.1) is 10.2 Å². The number of rotatable bonds is 7. The van der Waals surface area contributed by atoms with Crippen LogP contribution in [0.4, 0.5) is 9.52 Å². The van der Waals surface area contributed by atoms with Crippen LogP contribution < -0.4 is 10.1 Å². The number of hydrogen-bond donors (Lipinski definition) is 1. The van der Waals surface area contributed by atoms with Gasteiger partial charge < -0.3 is 15.0 Å². The van der Waals surface area contributed by atoms with Crippen molar-refractivity contribution in [2.24, 2.45) is 5.92 Å². The Bertz CT molecular complexity index is 795. The van der Waals surface area contributed by atoms with E-state index >= 15 is 0 Å². The molecule has 1 saturated heterocycles. The molecule has 2 aromatic rings. The normalized spacial score (nSPS) is 14.0. The quantitative estimate of drug-likeness (QED) is 0.571. The number of nitrogens with zero attached hydrogens (tertiary/aromatic N) is 3. The number of likely N-dealkylation sites (tertiary alicyclic amines) is 1. The molecule has 1 fully saturated rings. The number of carbonyl (C=O) groups is 2. The second kappa shape index (κ2) is 8.45. The Labute approximate surface area is 157 Å². The number of para-hydroxylation sites is 1. The topological polar surface area (TPSA) is 84.4 Å². The lowest BCUT2D eigenvalue weighted by molar-refractivity contribution is -0.143. The van der Waals surface area contributed by atoms with Crippen molar-refractivity contribution < 1.29 is 18.7 Å². The number of ether oxygens (including phenoxy) is 1. The number of hydrogen-bond acceptors (Lipinski definition) is 7. The van der Waals surface area contributed by atoms with E-state index in [0.717, 1.165) is 10.1 Å². The molecule has 10 heteroatoms. The molecule has 1 N–H and O–H groups in total. The zero-order valence-electron chi connectivity index (χ0n) is 14.0. The van der Waals surface area contributed by atoms with Crippen LogP contribution in [0.25, 0.3) is 0 Å². The van der Waals surface area contributed by atoms with Crippen LogP contribution in [0.15, 0.2) is 28.6 Å². The van der Waals surface area contributed by atoms with E-state index in [9.17, 15) is 14.0 Å². The van der Waals surface area contributed by atoms with Crippen molar-refractivity contribution in [2.45, 2.75) is 11.3 Å². The van der Waals surface area contributed by atoms with Crippen molar-refractivity contribution in [3.8, 4) is 5.75 Å². The SMILES string of the molecule is CCSc1nnc(NC(=O)C2CN(C(=O)COc3ccccc3F)C2)s1. The molecule has 26 heavy (non-hydrogen) atoms. The van der Waals surface area contributed by atoms with E-state index in [4.69, 9.17) is 4.74 Å².